The highest BCUT2D eigenvalue weighted by atomic mass is 32.2. The van der Waals surface area contributed by atoms with Gasteiger partial charge in [0.2, 0.25) is 0 Å². The normalized spacial score (nSPS) is 14.7. The summed E-state index contributed by atoms with van der Waals surface area (Å²) in [7, 11) is -1.88. The lowest BCUT2D eigenvalue weighted by Gasteiger charge is -2.24. The molecule has 0 bridgehead atoms. The smallest absolute Gasteiger partial charge is 0.138 e. The van der Waals surface area contributed by atoms with Crippen LogP contribution in [0.4, 0.5) is 0 Å². The fourth-order valence-corrected chi connectivity index (χ4v) is 6.28. The van der Waals surface area contributed by atoms with Gasteiger partial charge in [-0.3, -0.25) is 8.42 Å². The van der Waals surface area contributed by atoms with E-state index in [-0.39, 0.29) is 10.8 Å². The maximum Gasteiger partial charge on any atom is 0.138 e. The molecule has 0 aliphatic carbocycles. The van der Waals surface area contributed by atoms with Gasteiger partial charge in [-0.15, -0.1) is 10.2 Å². The van der Waals surface area contributed by atoms with Crippen molar-refractivity contribution in [3.63, 3.8) is 0 Å². The molecule has 0 saturated heterocycles. The molecule has 0 amide bonds. The number of hydrogen-bond acceptors (Lipinski definition) is 8. The van der Waals surface area contributed by atoms with Gasteiger partial charge in [0.1, 0.15) is 12.7 Å². The van der Waals surface area contributed by atoms with Crippen molar-refractivity contribution in [2.45, 2.75) is 66.5 Å². The van der Waals surface area contributed by atoms with Crippen LogP contribution in [0.3, 0.4) is 0 Å². The monoisotopic (exact) mass is 458 g/mol. The molecule has 30 heavy (non-hydrogen) atoms. The number of aryl methyl sites for hydroxylation is 2. The molecule has 10 nitrogen and oxygen atoms in total. The van der Waals surface area contributed by atoms with E-state index >= 15 is 0 Å². The van der Waals surface area contributed by atoms with Gasteiger partial charge in [-0.1, -0.05) is 27.7 Å². The molecule has 0 aromatic carbocycles. The maximum absolute atomic E-state index is 12.4. The first kappa shape index (κ1) is 24.7. The summed E-state index contributed by atoms with van der Waals surface area (Å²) in [5.74, 6) is 2.27. The van der Waals surface area contributed by atoms with Crippen molar-refractivity contribution in [2.75, 3.05) is 23.0 Å². The van der Waals surface area contributed by atoms with Crippen LogP contribution in [0.25, 0.3) is 0 Å². The Morgan fingerprint density at radius 1 is 0.667 bits per heavy atom. The molecule has 2 heterocycles. The second-order valence-electron chi connectivity index (χ2n) is 9.17. The van der Waals surface area contributed by atoms with Crippen molar-refractivity contribution in [1.82, 2.24) is 40.4 Å². The number of aromatic nitrogens is 8. The Morgan fingerprint density at radius 3 is 1.40 bits per heavy atom. The highest BCUT2D eigenvalue weighted by Gasteiger charge is 2.21. The zero-order chi connectivity index (χ0) is 22.0. The highest BCUT2D eigenvalue weighted by Crippen LogP contribution is 2.27. The molecule has 2 aromatic heterocycles. The second-order valence-corrected chi connectivity index (χ2v) is 12.6. The van der Waals surface area contributed by atoms with Gasteiger partial charge in [0.15, 0.2) is 0 Å². The molecule has 12 heteroatoms. The van der Waals surface area contributed by atoms with Crippen molar-refractivity contribution in [2.24, 2.45) is 10.8 Å². The fraction of sp³-hybridized carbons (Fsp3) is 0.889. The maximum atomic E-state index is 12.4. The summed E-state index contributed by atoms with van der Waals surface area (Å²) in [6.45, 7) is 10.2. The van der Waals surface area contributed by atoms with Gasteiger partial charge in [0.25, 0.3) is 0 Å². The molecule has 2 unspecified atom stereocenters. The molecule has 0 aliphatic heterocycles. The Hall–Kier alpha value is -1.56. The van der Waals surface area contributed by atoms with E-state index in [9.17, 15) is 8.42 Å². The van der Waals surface area contributed by atoms with Crippen LogP contribution in [-0.4, -0.2) is 71.8 Å². The summed E-state index contributed by atoms with van der Waals surface area (Å²) in [5, 5.41) is 22.3. The summed E-state index contributed by atoms with van der Waals surface area (Å²) in [4.78, 5) is 0. The van der Waals surface area contributed by atoms with E-state index in [1.54, 1.807) is 22.0 Å². The summed E-state index contributed by atoms with van der Waals surface area (Å²) < 4.78 is 28.2. The van der Waals surface area contributed by atoms with Gasteiger partial charge in [0.05, 0.1) is 0 Å². The van der Waals surface area contributed by atoms with Crippen LogP contribution in [0, 0.1) is 10.8 Å². The van der Waals surface area contributed by atoms with Crippen molar-refractivity contribution in [3.05, 3.63) is 12.7 Å². The molecule has 2 rings (SSSR count). The lowest BCUT2D eigenvalue weighted by molar-refractivity contribution is 0.295. The van der Waals surface area contributed by atoms with Crippen LogP contribution in [0.5, 0.6) is 0 Å². The largest absolute Gasteiger partial charge is 0.260 e. The van der Waals surface area contributed by atoms with Gasteiger partial charge in [0, 0.05) is 57.7 Å². The zero-order valence-corrected chi connectivity index (χ0v) is 20.1. The van der Waals surface area contributed by atoms with E-state index in [4.69, 9.17) is 0 Å². The minimum atomic E-state index is -0.941. The lowest BCUT2D eigenvalue weighted by Crippen LogP contribution is -2.22. The van der Waals surface area contributed by atoms with Crippen LogP contribution in [0.2, 0.25) is 0 Å². The minimum absolute atomic E-state index is 0.0599. The average molecular weight is 459 g/mol. The summed E-state index contributed by atoms with van der Waals surface area (Å²) >= 11 is 0. The van der Waals surface area contributed by atoms with E-state index in [2.05, 4.69) is 58.7 Å². The van der Waals surface area contributed by atoms with Crippen molar-refractivity contribution >= 4 is 21.6 Å². The topological polar surface area (TPSA) is 121 Å². The first-order valence-corrected chi connectivity index (χ1v) is 13.2. The highest BCUT2D eigenvalue weighted by molar-refractivity contribution is 7.88. The average Bonchev–Trinajstić information content (AvgIpc) is 3.40. The number of tetrazole rings is 2. The Morgan fingerprint density at radius 2 is 1.07 bits per heavy atom. The zero-order valence-electron chi connectivity index (χ0n) is 18.4. The standard InChI is InChI=1S/C18H34N8O2S2/c1-17(2,5-9-25-15-19-21-23-25)7-11-29(27)13-14-30(28)12-8-18(3,4)6-10-26-16-20-22-24-26/h15-16H,5-14H2,1-4H3. The van der Waals surface area contributed by atoms with Crippen LogP contribution in [0.1, 0.15) is 53.4 Å². The van der Waals surface area contributed by atoms with Crippen LogP contribution in [-0.2, 0) is 34.7 Å². The van der Waals surface area contributed by atoms with E-state index in [0.29, 0.717) is 23.0 Å². The van der Waals surface area contributed by atoms with Crippen molar-refractivity contribution < 1.29 is 8.42 Å². The summed E-state index contributed by atoms with van der Waals surface area (Å²) in [6.07, 6.45) is 6.77. The van der Waals surface area contributed by atoms with Gasteiger partial charge in [-0.05, 0) is 57.4 Å². The molecule has 2 atom stereocenters. The number of rotatable bonds is 15. The molecule has 0 radical (unpaired) electrons. The van der Waals surface area contributed by atoms with Gasteiger partial charge in [-0.25, -0.2) is 9.36 Å². The summed E-state index contributed by atoms with van der Waals surface area (Å²) in [6, 6.07) is 0. The SMILES string of the molecule is CC(C)(CCn1cnnn1)CCS(=O)CCS(=O)CCC(C)(C)CCn1cnnn1. The minimum Gasteiger partial charge on any atom is -0.260 e. The Labute approximate surface area is 183 Å². The molecule has 0 fully saturated rings. The summed E-state index contributed by atoms with van der Waals surface area (Å²) in [5.41, 5.74) is 0.120. The Balaban J connectivity index is 1.59. The Kier molecular flexibility index (Phi) is 9.66. The third kappa shape index (κ3) is 9.96. The second kappa shape index (κ2) is 11.7. The first-order chi connectivity index (χ1) is 14.2. The van der Waals surface area contributed by atoms with Crippen molar-refractivity contribution in [3.8, 4) is 0 Å². The fourth-order valence-electron chi connectivity index (χ4n) is 2.82. The Bertz CT molecular complexity index is 712. The predicted molar refractivity (Wildman–Crippen MR) is 117 cm³/mol. The number of hydrogen-bond donors (Lipinski definition) is 0. The predicted octanol–water partition coefficient (Wildman–Crippen LogP) is 1.47. The third-order valence-electron chi connectivity index (χ3n) is 5.37. The van der Waals surface area contributed by atoms with E-state index in [1.807, 2.05) is 0 Å². The molecule has 0 aliphatic rings. The molecule has 0 N–H and O–H groups in total. The number of nitrogens with zero attached hydrogens (tertiary/aromatic N) is 8. The first-order valence-electron chi connectivity index (χ1n) is 10.3. The molecular weight excluding hydrogens is 424 g/mol. The molecule has 170 valence electrons. The van der Waals surface area contributed by atoms with Gasteiger partial charge in [-0.2, -0.15) is 0 Å². The molecule has 0 spiro atoms. The molecule has 0 saturated carbocycles. The van der Waals surface area contributed by atoms with Gasteiger partial charge < -0.3 is 0 Å². The van der Waals surface area contributed by atoms with E-state index in [0.717, 1.165) is 38.8 Å². The quantitative estimate of drug-likeness (QED) is 0.393. The van der Waals surface area contributed by atoms with Crippen LogP contribution < -0.4 is 0 Å². The van der Waals surface area contributed by atoms with Gasteiger partial charge >= 0.3 is 0 Å². The van der Waals surface area contributed by atoms with Crippen molar-refractivity contribution in [1.29, 1.82) is 0 Å². The van der Waals surface area contributed by atoms with E-state index in [1.165, 1.54) is 0 Å². The lowest BCUT2D eigenvalue weighted by atomic mass is 9.86. The molecular formula is C18H34N8O2S2. The molecule has 2 aromatic rings. The van der Waals surface area contributed by atoms with Crippen LogP contribution >= 0.6 is 0 Å². The van der Waals surface area contributed by atoms with E-state index < -0.39 is 21.6 Å². The third-order valence-corrected chi connectivity index (χ3v) is 8.27. The van der Waals surface area contributed by atoms with Crippen LogP contribution in [0.15, 0.2) is 12.7 Å².